The van der Waals surface area contributed by atoms with Crippen molar-refractivity contribution >= 4 is 40.9 Å². The quantitative estimate of drug-likeness (QED) is 0.125. The molecule has 4 N–H and O–H groups in total. The number of carbonyl (C=O) groups excluding carboxylic acids is 3. The van der Waals surface area contributed by atoms with Crippen molar-refractivity contribution in [1.82, 2.24) is 30.2 Å². The summed E-state index contributed by atoms with van der Waals surface area (Å²) in [5.41, 5.74) is 2.68. The first-order valence-electron chi connectivity index (χ1n) is 15.9. The molecule has 4 atom stereocenters. The minimum Gasteiger partial charge on any atom is -0.444 e. The van der Waals surface area contributed by atoms with Crippen LogP contribution in [0.5, 0.6) is 0 Å². The summed E-state index contributed by atoms with van der Waals surface area (Å²) in [5.74, 6) is -0.0847. The summed E-state index contributed by atoms with van der Waals surface area (Å²) in [6.45, 7) is 6.15. The van der Waals surface area contributed by atoms with Gasteiger partial charge in [0.05, 0.1) is 34.3 Å². The Labute approximate surface area is 289 Å². The van der Waals surface area contributed by atoms with Gasteiger partial charge in [-0.2, -0.15) is 0 Å². The standard InChI is InChI=1S/C35H44N6O5S2/c1-23(2)33-39-28(22-47-33)20-41(4)34(44)37-24(3)32(43)38-27(17-25-11-7-5-8-12-25)19-31(42)30(18-26-13-9-6-10-14-26)40-35(45)46-21-29-15-16-36-48-29/h5-16,22-24,27,30-31,42H,17-21H2,1-4H3,(H,37,44)(H,38,43)(H,40,45)/t24-,27-,30-,31-/m0/s1. The van der Waals surface area contributed by atoms with Crippen molar-refractivity contribution in [2.75, 3.05) is 7.05 Å². The fourth-order valence-corrected chi connectivity index (χ4v) is 6.32. The minimum atomic E-state index is -1.04. The molecule has 0 saturated heterocycles. The Morgan fingerprint density at radius 3 is 2.19 bits per heavy atom. The van der Waals surface area contributed by atoms with Gasteiger partial charge in [-0.1, -0.05) is 74.5 Å². The molecule has 256 valence electrons. The van der Waals surface area contributed by atoms with E-state index in [2.05, 4.69) is 39.2 Å². The van der Waals surface area contributed by atoms with Crippen molar-refractivity contribution in [2.45, 2.75) is 83.3 Å². The highest BCUT2D eigenvalue weighted by Crippen LogP contribution is 2.20. The molecule has 0 aliphatic carbocycles. The van der Waals surface area contributed by atoms with Crippen molar-refractivity contribution in [3.8, 4) is 0 Å². The Morgan fingerprint density at radius 2 is 1.58 bits per heavy atom. The van der Waals surface area contributed by atoms with Gasteiger partial charge < -0.3 is 30.7 Å². The van der Waals surface area contributed by atoms with E-state index >= 15 is 0 Å². The number of nitrogens with one attached hydrogen (secondary N) is 3. The number of carbonyl (C=O) groups is 3. The second-order valence-electron chi connectivity index (χ2n) is 12.1. The van der Waals surface area contributed by atoms with Gasteiger partial charge >= 0.3 is 12.1 Å². The molecule has 0 unspecified atom stereocenters. The van der Waals surface area contributed by atoms with E-state index in [1.165, 1.54) is 16.4 Å². The normalized spacial score (nSPS) is 13.6. The van der Waals surface area contributed by atoms with E-state index in [1.807, 2.05) is 66.0 Å². The van der Waals surface area contributed by atoms with Crippen molar-refractivity contribution in [3.63, 3.8) is 0 Å². The van der Waals surface area contributed by atoms with E-state index in [4.69, 9.17) is 4.74 Å². The highest BCUT2D eigenvalue weighted by Gasteiger charge is 2.28. The van der Waals surface area contributed by atoms with Crippen LogP contribution in [-0.2, 0) is 35.5 Å². The fourth-order valence-electron chi connectivity index (χ4n) is 5.01. The van der Waals surface area contributed by atoms with Gasteiger partial charge in [-0.05, 0) is 54.9 Å². The number of thiazole rings is 1. The van der Waals surface area contributed by atoms with E-state index in [0.29, 0.717) is 25.3 Å². The average molecular weight is 693 g/mol. The summed E-state index contributed by atoms with van der Waals surface area (Å²) >= 11 is 2.80. The molecule has 4 amide bonds. The summed E-state index contributed by atoms with van der Waals surface area (Å²) in [6, 6.07) is 18.5. The highest BCUT2D eigenvalue weighted by atomic mass is 32.1. The summed E-state index contributed by atoms with van der Waals surface area (Å²) in [4.78, 5) is 46.1. The molecular formula is C35H44N6O5S2. The lowest BCUT2D eigenvalue weighted by Gasteiger charge is -2.29. The van der Waals surface area contributed by atoms with Crippen LogP contribution in [0.1, 0.15) is 59.8 Å². The number of aliphatic hydroxyl groups excluding tert-OH is 1. The molecular weight excluding hydrogens is 649 g/mol. The van der Waals surface area contributed by atoms with Crippen LogP contribution in [0.15, 0.2) is 78.3 Å². The average Bonchev–Trinajstić information content (AvgIpc) is 3.77. The number of hydrogen-bond donors (Lipinski definition) is 4. The number of ether oxygens (including phenoxy) is 1. The van der Waals surface area contributed by atoms with Crippen LogP contribution in [0.2, 0.25) is 0 Å². The molecule has 0 fully saturated rings. The van der Waals surface area contributed by atoms with Crippen molar-refractivity contribution < 1.29 is 24.2 Å². The van der Waals surface area contributed by atoms with Crippen LogP contribution < -0.4 is 16.0 Å². The van der Waals surface area contributed by atoms with Gasteiger partial charge in [0.1, 0.15) is 12.6 Å². The molecule has 2 heterocycles. The van der Waals surface area contributed by atoms with Gasteiger partial charge in [0, 0.05) is 30.6 Å². The lowest BCUT2D eigenvalue weighted by Crippen LogP contribution is -2.53. The van der Waals surface area contributed by atoms with Gasteiger partial charge in [-0.3, -0.25) is 4.79 Å². The zero-order valence-electron chi connectivity index (χ0n) is 27.7. The molecule has 4 aromatic rings. The fraction of sp³-hybridized carbons (Fsp3) is 0.400. The smallest absolute Gasteiger partial charge is 0.407 e. The van der Waals surface area contributed by atoms with Gasteiger partial charge in [0.25, 0.3) is 0 Å². The third-order valence-corrected chi connectivity index (χ3v) is 9.55. The molecule has 11 nitrogen and oxygen atoms in total. The second-order valence-corrected chi connectivity index (χ2v) is 13.9. The highest BCUT2D eigenvalue weighted by molar-refractivity contribution is 7.09. The van der Waals surface area contributed by atoms with E-state index in [1.54, 1.807) is 37.6 Å². The number of nitrogens with zero attached hydrogens (tertiary/aromatic N) is 3. The molecule has 0 radical (unpaired) electrons. The Morgan fingerprint density at radius 1 is 0.917 bits per heavy atom. The maximum Gasteiger partial charge on any atom is 0.407 e. The van der Waals surface area contributed by atoms with Gasteiger partial charge in [-0.25, -0.2) is 18.9 Å². The van der Waals surface area contributed by atoms with Crippen LogP contribution in [-0.4, -0.2) is 68.7 Å². The number of aromatic nitrogens is 2. The van der Waals surface area contributed by atoms with Crippen LogP contribution in [0, 0.1) is 0 Å². The first kappa shape index (κ1) is 36.5. The monoisotopic (exact) mass is 692 g/mol. The van der Waals surface area contributed by atoms with Crippen molar-refractivity contribution in [1.29, 1.82) is 0 Å². The van der Waals surface area contributed by atoms with E-state index < -0.39 is 42.3 Å². The van der Waals surface area contributed by atoms with Crippen LogP contribution >= 0.6 is 22.9 Å². The number of aliphatic hydroxyl groups is 1. The third kappa shape index (κ3) is 11.7. The number of alkyl carbamates (subject to hydrolysis) is 1. The first-order valence-corrected chi connectivity index (χ1v) is 17.6. The minimum absolute atomic E-state index is 0.0683. The lowest BCUT2D eigenvalue weighted by atomic mass is 9.93. The molecule has 0 aliphatic heterocycles. The number of rotatable bonds is 16. The number of amides is 4. The Balaban J connectivity index is 1.41. The van der Waals surface area contributed by atoms with Crippen molar-refractivity contribution in [2.24, 2.45) is 0 Å². The molecule has 4 rings (SSSR count). The summed E-state index contributed by atoms with van der Waals surface area (Å²) < 4.78 is 9.42. The predicted molar refractivity (Wildman–Crippen MR) is 188 cm³/mol. The Bertz CT molecular complexity index is 1570. The third-order valence-electron chi connectivity index (χ3n) is 7.64. The second kappa shape index (κ2) is 18.3. The van der Waals surface area contributed by atoms with E-state index in [-0.39, 0.29) is 13.0 Å². The zero-order valence-corrected chi connectivity index (χ0v) is 29.3. The first-order chi connectivity index (χ1) is 23.1. The number of benzene rings is 2. The molecule has 2 aromatic carbocycles. The zero-order chi connectivity index (χ0) is 34.5. The molecule has 0 saturated carbocycles. The summed E-state index contributed by atoms with van der Waals surface area (Å²) in [5, 5.41) is 23.1. The molecule has 2 aromatic heterocycles. The maximum absolute atomic E-state index is 13.4. The Kier molecular flexibility index (Phi) is 13.9. The van der Waals surface area contributed by atoms with Gasteiger partial charge in [0.2, 0.25) is 5.91 Å². The predicted octanol–water partition coefficient (Wildman–Crippen LogP) is 5.27. The molecule has 13 heteroatoms. The molecule has 0 bridgehead atoms. The molecule has 0 spiro atoms. The molecule has 0 aliphatic rings. The topological polar surface area (TPSA) is 146 Å². The SMILES string of the molecule is CC(C)c1nc(CN(C)C(=O)N[C@@H](C)C(=O)N[C@@H](Cc2ccccc2)C[C@H](O)[C@H](Cc2ccccc2)NC(=O)OCc2ccns2)cs1. The summed E-state index contributed by atoms with van der Waals surface area (Å²) in [6.07, 6.45) is 0.848. The van der Waals surface area contributed by atoms with E-state index in [9.17, 15) is 19.5 Å². The molecule has 48 heavy (non-hydrogen) atoms. The van der Waals surface area contributed by atoms with Gasteiger partial charge in [0.15, 0.2) is 0 Å². The summed E-state index contributed by atoms with van der Waals surface area (Å²) in [7, 11) is 1.66. The number of hydrogen-bond acceptors (Lipinski definition) is 9. The van der Waals surface area contributed by atoms with Crippen LogP contribution in [0.4, 0.5) is 9.59 Å². The van der Waals surface area contributed by atoms with Gasteiger partial charge in [-0.15, -0.1) is 11.3 Å². The Hall–Kier alpha value is -4.33. The van der Waals surface area contributed by atoms with E-state index in [0.717, 1.165) is 26.7 Å². The van der Waals surface area contributed by atoms with Crippen LogP contribution in [0.25, 0.3) is 0 Å². The van der Waals surface area contributed by atoms with Crippen molar-refractivity contribution in [3.05, 3.63) is 105 Å². The van der Waals surface area contributed by atoms with Crippen LogP contribution in [0.3, 0.4) is 0 Å². The maximum atomic E-state index is 13.4. The largest absolute Gasteiger partial charge is 0.444 e. The lowest BCUT2D eigenvalue weighted by molar-refractivity contribution is -0.123. The number of urea groups is 1.